The van der Waals surface area contributed by atoms with Gasteiger partial charge in [-0.1, -0.05) is 11.3 Å². The van der Waals surface area contributed by atoms with Crippen molar-refractivity contribution in [3.63, 3.8) is 0 Å². The first-order valence-electron chi connectivity index (χ1n) is 8.49. The fraction of sp³-hybridized carbons (Fsp3) is 0.0556. The van der Waals surface area contributed by atoms with Crippen molar-refractivity contribution in [3.8, 4) is 10.6 Å². The van der Waals surface area contributed by atoms with Gasteiger partial charge in [0, 0.05) is 11.9 Å². The Labute approximate surface area is 175 Å². The number of hydrogen-bond donors (Lipinski definition) is 4. The maximum Gasteiger partial charge on any atom is 0.416 e. The molecule has 13 heteroatoms. The quantitative estimate of drug-likeness (QED) is 0.365. The Morgan fingerprint density at radius 1 is 1.10 bits per heavy atom. The molecule has 3 heterocycles. The van der Waals surface area contributed by atoms with Gasteiger partial charge in [0.1, 0.15) is 0 Å². The van der Waals surface area contributed by atoms with E-state index in [9.17, 15) is 27.9 Å². The Bertz CT molecular complexity index is 1280. The van der Waals surface area contributed by atoms with E-state index >= 15 is 0 Å². The number of thiazole rings is 1. The van der Waals surface area contributed by atoms with Gasteiger partial charge in [0.2, 0.25) is 0 Å². The molecule has 1 aromatic carbocycles. The molecule has 158 valence electrons. The lowest BCUT2D eigenvalue weighted by atomic mass is 10.1. The molecule has 0 saturated heterocycles. The number of aromatic amines is 1. The minimum absolute atomic E-state index is 0.0108. The number of benzene rings is 1. The van der Waals surface area contributed by atoms with Crippen LogP contribution in [0.4, 0.5) is 28.8 Å². The van der Waals surface area contributed by atoms with Crippen molar-refractivity contribution in [1.82, 2.24) is 20.2 Å². The number of urea groups is 1. The molecule has 0 radical (unpaired) electrons. The second-order valence-corrected chi connectivity index (χ2v) is 7.21. The molecule has 9 nitrogen and oxygen atoms in total. The number of hydrogen-bond acceptors (Lipinski definition) is 6. The van der Waals surface area contributed by atoms with Gasteiger partial charge in [-0.25, -0.2) is 19.6 Å². The number of anilines is 2. The summed E-state index contributed by atoms with van der Waals surface area (Å²) in [6, 6.07) is 4.64. The van der Waals surface area contributed by atoms with E-state index in [0.717, 1.165) is 35.6 Å². The summed E-state index contributed by atoms with van der Waals surface area (Å²) in [6.45, 7) is 0. The minimum atomic E-state index is -4.47. The fourth-order valence-electron chi connectivity index (χ4n) is 2.68. The van der Waals surface area contributed by atoms with Gasteiger partial charge in [0.05, 0.1) is 33.3 Å². The number of halogens is 3. The number of carbonyl (C=O) groups excluding carboxylic acids is 1. The van der Waals surface area contributed by atoms with Crippen LogP contribution in [0.3, 0.4) is 0 Å². The molecule has 0 unspecified atom stereocenters. The lowest BCUT2D eigenvalue weighted by Crippen LogP contribution is -2.19. The van der Waals surface area contributed by atoms with Crippen LogP contribution < -0.4 is 10.6 Å². The molecule has 0 aliphatic rings. The Kier molecular flexibility index (Phi) is 5.02. The average Bonchev–Trinajstić information content (AvgIpc) is 3.35. The summed E-state index contributed by atoms with van der Waals surface area (Å²) in [7, 11) is 0. The first-order chi connectivity index (χ1) is 14.7. The highest BCUT2D eigenvalue weighted by molar-refractivity contribution is 7.19. The molecular formula is C18H11F3N6O3S. The first-order valence-corrected chi connectivity index (χ1v) is 9.31. The molecule has 2 amide bonds. The summed E-state index contributed by atoms with van der Waals surface area (Å²) >= 11 is 1.04. The number of alkyl halides is 3. The van der Waals surface area contributed by atoms with Crippen LogP contribution in [0.15, 0.2) is 42.7 Å². The SMILES string of the molecule is O=C(Nc1ccc(C(F)(F)F)cc1)Nc1ncc(-c2cc(C(=O)O)c3cn[nH]c3n2)s1. The van der Waals surface area contributed by atoms with Gasteiger partial charge in [-0.3, -0.25) is 10.4 Å². The highest BCUT2D eigenvalue weighted by Crippen LogP contribution is 2.31. The molecule has 0 spiro atoms. The predicted octanol–water partition coefficient (Wildman–Crippen LogP) is 4.44. The molecule has 0 aliphatic carbocycles. The van der Waals surface area contributed by atoms with Gasteiger partial charge in [0.25, 0.3) is 0 Å². The predicted molar refractivity (Wildman–Crippen MR) is 106 cm³/mol. The smallest absolute Gasteiger partial charge is 0.416 e. The van der Waals surface area contributed by atoms with Gasteiger partial charge in [-0.2, -0.15) is 18.3 Å². The molecule has 0 aliphatic heterocycles. The number of aromatic nitrogens is 4. The summed E-state index contributed by atoms with van der Waals surface area (Å²) < 4.78 is 37.8. The second kappa shape index (κ2) is 7.68. The lowest BCUT2D eigenvalue weighted by Gasteiger charge is -2.08. The number of nitrogens with zero attached hydrogens (tertiary/aromatic N) is 3. The number of fused-ring (bicyclic) bond motifs is 1. The fourth-order valence-corrected chi connectivity index (χ4v) is 3.46. The second-order valence-electron chi connectivity index (χ2n) is 6.18. The van der Waals surface area contributed by atoms with Crippen molar-refractivity contribution in [2.75, 3.05) is 10.6 Å². The van der Waals surface area contributed by atoms with Crippen molar-refractivity contribution in [1.29, 1.82) is 0 Å². The zero-order valence-corrected chi connectivity index (χ0v) is 16.0. The van der Waals surface area contributed by atoms with Crippen LogP contribution >= 0.6 is 11.3 Å². The maximum atomic E-state index is 12.6. The number of amides is 2. The van der Waals surface area contributed by atoms with Crippen LogP contribution in [0.2, 0.25) is 0 Å². The van der Waals surface area contributed by atoms with E-state index in [1.54, 1.807) is 0 Å². The van der Waals surface area contributed by atoms with Crippen molar-refractivity contribution in [2.45, 2.75) is 6.18 Å². The van der Waals surface area contributed by atoms with E-state index < -0.39 is 23.7 Å². The number of carboxylic acid groups (broad SMARTS) is 1. The van der Waals surface area contributed by atoms with Crippen molar-refractivity contribution < 1.29 is 27.9 Å². The van der Waals surface area contributed by atoms with E-state index in [0.29, 0.717) is 16.0 Å². The van der Waals surface area contributed by atoms with Crippen molar-refractivity contribution >= 4 is 45.2 Å². The van der Waals surface area contributed by atoms with E-state index in [1.807, 2.05) is 0 Å². The van der Waals surface area contributed by atoms with Gasteiger partial charge in [-0.05, 0) is 30.3 Å². The van der Waals surface area contributed by atoms with Crippen molar-refractivity contribution in [3.05, 3.63) is 53.9 Å². The Balaban J connectivity index is 1.49. The van der Waals surface area contributed by atoms with Gasteiger partial charge >= 0.3 is 18.2 Å². The largest absolute Gasteiger partial charge is 0.478 e. The Morgan fingerprint density at radius 3 is 2.52 bits per heavy atom. The number of rotatable bonds is 4. The standard InChI is InChI=1S/C18H11F3N6O3S/c19-18(20,21)8-1-3-9(4-2-8)24-16(30)26-17-22-7-13(31-17)12-5-10(15(28)29)11-6-23-27-14(11)25-12/h1-7H,(H,28,29)(H,23,25,27)(H2,22,24,26,30). The van der Waals surface area contributed by atoms with E-state index in [4.69, 9.17) is 0 Å². The summed E-state index contributed by atoms with van der Waals surface area (Å²) in [4.78, 5) is 32.4. The molecule has 4 N–H and O–H groups in total. The third-order valence-electron chi connectivity index (χ3n) is 4.10. The minimum Gasteiger partial charge on any atom is -0.478 e. The van der Waals surface area contributed by atoms with Gasteiger partial charge in [-0.15, -0.1) is 0 Å². The molecule has 31 heavy (non-hydrogen) atoms. The summed E-state index contributed by atoms with van der Waals surface area (Å²) in [5.41, 5.74) is -0.0392. The first kappa shape index (κ1) is 20.3. The van der Waals surface area contributed by atoms with Gasteiger partial charge < -0.3 is 10.4 Å². The Hall–Kier alpha value is -4.00. The monoisotopic (exact) mass is 448 g/mol. The molecular weight excluding hydrogens is 437 g/mol. The number of pyridine rings is 1. The topological polar surface area (TPSA) is 133 Å². The summed E-state index contributed by atoms with van der Waals surface area (Å²) in [5, 5.41) is 21.2. The zero-order valence-electron chi connectivity index (χ0n) is 15.2. The van der Waals surface area contributed by atoms with E-state index in [1.165, 1.54) is 18.5 Å². The number of aromatic carboxylic acids is 1. The number of H-pyrrole nitrogens is 1. The van der Waals surface area contributed by atoms with E-state index in [-0.39, 0.29) is 22.0 Å². The third kappa shape index (κ3) is 4.30. The number of nitrogens with one attached hydrogen (secondary N) is 3. The number of carbonyl (C=O) groups is 2. The molecule has 4 aromatic rings. The average molecular weight is 448 g/mol. The molecule has 4 rings (SSSR count). The van der Waals surface area contributed by atoms with E-state index in [2.05, 4.69) is 30.8 Å². The number of carboxylic acids is 1. The van der Waals surface area contributed by atoms with Crippen LogP contribution in [0.5, 0.6) is 0 Å². The molecule has 0 atom stereocenters. The van der Waals surface area contributed by atoms with Crippen LogP contribution in [-0.4, -0.2) is 37.3 Å². The highest BCUT2D eigenvalue weighted by Gasteiger charge is 2.30. The van der Waals surface area contributed by atoms with Crippen LogP contribution in [-0.2, 0) is 6.18 Å². The van der Waals surface area contributed by atoms with Gasteiger partial charge in [0.15, 0.2) is 10.8 Å². The highest BCUT2D eigenvalue weighted by atomic mass is 32.1. The normalized spacial score (nSPS) is 11.5. The molecule has 0 bridgehead atoms. The summed E-state index contributed by atoms with van der Waals surface area (Å²) in [5.74, 6) is -1.14. The maximum absolute atomic E-state index is 12.6. The third-order valence-corrected chi connectivity index (χ3v) is 5.04. The van der Waals surface area contributed by atoms with Crippen LogP contribution in [0, 0.1) is 0 Å². The Morgan fingerprint density at radius 2 is 1.84 bits per heavy atom. The van der Waals surface area contributed by atoms with Crippen molar-refractivity contribution in [2.24, 2.45) is 0 Å². The molecule has 3 aromatic heterocycles. The molecule has 0 fully saturated rings. The van der Waals surface area contributed by atoms with Crippen LogP contribution in [0.25, 0.3) is 21.6 Å². The molecule has 0 saturated carbocycles. The summed E-state index contributed by atoms with van der Waals surface area (Å²) in [6.07, 6.45) is -1.69. The lowest BCUT2D eigenvalue weighted by molar-refractivity contribution is -0.137. The zero-order chi connectivity index (χ0) is 22.2. The van der Waals surface area contributed by atoms with Crippen LogP contribution in [0.1, 0.15) is 15.9 Å².